The van der Waals surface area contributed by atoms with Crippen molar-refractivity contribution >= 4 is 5.71 Å². The van der Waals surface area contributed by atoms with Gasteiger partial charge in [0.25, 0.3) is 0 Å². The van der Waals surface area contributed by atoms with Gasteiger partial charge in [0.05, 0.1) is 24.2 Å². The van der Waals surface area contributed by atoms with Gasteiger partial charge in [-0.25, -0.2) is 9.66 Å². The van der Waals surface area contributed by atoms with Crippen LogP contribution in [0.1, 0.15) is 40.8 Å². The maximum Gasteiger partial charge on any atom is 0.134 e. The summed E-state index contributed by atoms with van der Waals surface area (Å²) in [5, 5.41) is 5.03. The van der Waals surface area contributed by atoms with Gasteiger partial charge in [0.2, 0.25) is 0 Å². The first-order chi connectivity index (χ1) is 12.2. The molecule has 1 aliphatic heterocycles. The molecule has 3 aromatic rings. The first-order valence-corrected chi connectivity index (χ1v) is 8.60. The van der Waals surface area contributed by atoms with Crippen LogP contribution in [-0.2, 0) is 12.8 Å². The maximum absolute atomic E-state index is 5.45. The molecule has 4 rings (SSSR count). The fourth-order valence-electron chi connectivity index (χ4n) is 3.44. The van der Waals surface area contributed by atoms with Crippen LogP contribution in [0.3, 0.4) is 0 Å². The summed E-state index contributed by atoms with van der Waals surface area (Å²) in [6.45, 7) is 4.21. The summed E-state index contributed by atoms with van der Waals surface area (Å²) in [6.07, 6.45) is 1.67. The number of imidazole rings is 1. The summed E-state index contributed by atoms with van der Waals surface area (Å²) in [7, 11) is 1.70. The van der Waals surface area contributed by atoms with Crippen molar-refractivity contribution in [1.29, 1.82) is 0 Å². The average molecular weight is 331 g/mol. The molecule has 126 valence electrons. The van der Waals surface area contributed by atoms with E-state index < -0.39 is 0 Å². The van der Waals surface area contributed by atoms with Gasteiger partial charge < -0.3 is 4.74 Å². The molecular weight excluding hydrogens is 310 g/mol. The van der Waals surface area contributed by atoms with Crippen molar-refractivity contribution in [3.8, 4) is 5.75 Å². The van der Waals surface area contributed by atoms with Crippen molar-refractivity contribution in [3.63, 3.8) is 0 Å². The SMILES string of the molecule is CCc1c(C)nc2n1N=C(c1ccccc1)c1cc(OC)ccc1C2. The number of aryl methyl sites for hydroxylation is 1. The Hall–Kier alpha value is -2.88. The second kappa shape index (κ2) is 6.20. The Morgan fingerprint density at radius 3 is 2.64 bits per heavy atom. The van der Waals surface area contributed by atoms with Crippen molar-refractivity contribution < 1.29 is 4.74 Å². The van der Waals surface area contributed by atoms with Crippen LogP contribution in [-0.4, -0.2) is 22.5 Å². The summed E-state index contributed by atoms with van der Waals surface area (Å²) < 4.78 is 7.48. The van der Waals surface area contributed by atoms with Gasteiger partial charge in [0.1, 0.15) is 11.6 Å². The van der Waals surface area contributed by atoms with E-state index in [0.717, 1.165) is 46.9 Å². The van der Waals surface area contributed by atoms with Crippen molar-refractivity contribution in [1.82, 2.24) is 9.66 Å². The normalized spacial score (nSPS) is 12.8. The van der Waals surface area contributed by atoms with Crippen LogP contribution in [0.25, 0.3) is 0 Å². The van der Waals surface area contributed by atoms with Gasteiger partial charge in [-0.05, 0) is 31.0 Å². The fourth-order valence-corrected chi connectivity index (χ4v) is 3.44. The van der Waals surface area contributed by atoms with E-state index in [0.29, 0.717) is 0 Å². The monoisotopic (exact) mass is 331 g/mol. The lowest BCUT2D eigenvalue weighted by Gasteiger charge is -2.11. The van der Waals surface area contributed by atoms with Gasteiger partial charge in [0.15, 0.2) is 0 Å². The van der Waals surface area contributed by atoms with Crippen molar-refractivity contribution in [2.45, 2.75) is 26.7 Å². The summed E-state index contributed by atoms with van der Waals surface area (Å²) in [4.78, 5) is 4.78. The molecule has 4 nitrogen and oxygen atoms in total. The third-order valence-electron chi connectivity index (χ3n) is 4.72. The summed E-state index contributed by atoms with van der Waals surface area (Å²) in [6, 6.07) is 16.5. The third-order valence-corrected chi connectivity index (χ3v) is 4.72. The van der Waals surface area contributed by atoms with Crippen molar-refractivity contribution in [3.05, 3.63) is 82.4 Å². The second-order valence-corrected chi connectivity index (χ2v) is 6.24. The lowest BCUT2D eigenvalue weighted by Crippen LogP contribution is -2.08. The Kier molecular flexibility index (Phi) is 3.88. The standard InChI is InChI=1S/C21H21N3O/c1-4-19-14(2)22-20-12-16-10-11-17(25-3)13-18(16)21(23-24(19)20)15-8-6-5-7-9-15/h5-11,13H,4,12H2,1-3H3. The Morgan fingerprint density at radius 2 is 1.92 bits per heavy atom. The van der Waals surface area contributed by atoms with Crippen LogP contribution in [0.4, 0.5) is 0 Å². The van der Waals surface area contributed by atoms with E-state index in [1.54, 1.807) is 7.11 Å². The molecule has 2 heterocycles. The summed E-state index contributed by atoms with van der Waals surface area (Å²) >= 11 is 0. The number of methoxy groups -OCH3 is 1. The minimum atomic E-state index is 0.764. The Balaban J connectivity index is 2.01. The van der Waals surface area contributed by atoms with Crippen LogP contribution in [0.2, 0.25) is 0 Å². The fraction of sp³-hybridized carbons (Fsp3) is 0.238. The Bertz CT molecular complexity index is 955. The van der Waals surface area contributed by atoms with Gasteiger partial charge in [-0.1, -0.05) is 43.3 Å². The maximum atomic E-state index is 5.45. The van der Waals surface area contributed by atoms with Gasteiger partial charge in [-0.3, -0.25) is 0 Å². The molecule has 0 aliphatic carbocycles. The predicted molar refractivity (Wildman–Crippen MR) is 99.6 cm³/mol. The summed E-state index contributed by atoms with van der Waals surface area (Å²) in [5.74, 6) is 1.83. The highest BCUT2D eigenvalue weighted by Gasteiger charge is 2.22. The lowest BCUT2D eigenvalue weighted by molar-refractivity contribution is 0.414. The molecule has 25 heavy (non-hydrogen) atoms. The zero-order valence-electron chi connectivity index (χ0n) is 14.8. The number of hydrogen-bond acceptors (Lipinski definition) is 3. The molecule has 2 aromatic carbocycles. The minimum absolute atomic E-state index is 0.764. The quantitative estimate of drug-likeness (QED) is 0.570. The van der Waals surface area contributed by atoms with Gasteiger partial charge >= 0.3 is 0 Å². The predicted octanol–water partition coefficient (Wildman–Crippen LogP) is 3.97. The van der Waals surface area contributed by atoms with E-state index in [9.17, 15) is 0 Å². The third kappa shape index (κ3) is 2.64. The highest BCUT2D eigenvalue weighted by Crippen LogP contribution is 2.28. The average Bonchev–Trinajstić information content (AvgIpc) is 2.85. The molecule has 0 atom stereocenters. The molecule has 0 saturated heterocycles. The number of nitrogens with zero attached hydrogens (tertiary/aromatic N) is 3. The Labute approximate surface area is 147 Å². The molecular formula is C21H21N3O. The van der Waals surface area contributed by atoms with Crippen molar-refractivity contribution in [2.24, 2.45) is 5.10 Å². The topological polar surface area (TPSA) is 39.4 Å². The van der Waals surface area contributed by atoms with E-state index in [-0.39, 0.29) is 0 Å². The van der Waals surface area contributed by atoms with Crippen LogP contribution in [0, 0.1) is 6.92 Å². The smallest absolute Gasteiger partial charge is 0.134 e. The number of hydrogen-bond donors (Lipinski definition) is 0. The first-order valence-electron chi connectivity index (χ1n) is 8.60. The molecule has 0 radical (unpaired) electrons. The molecule has 0 unspecified atom stereocenters. The van der Waals surface area contributed by atoms with Crippen LogP contribution in [0.15, 0.2) is 53.6 Å². The molecule has 0 fully saturated rings. The number of rotatable bonds is 3. The van der Waals surface area contributed by atoms with Gasteiger partial charge in [-0.2, -0.15) is 5.10 Å². The van der Waals surface area contributed by atoms with Crippen molar-refractivity contribution in [2.75, 3.05) is 7.11 Å². The highest BCUT2D eigenvalue weighted by atomic mass is 16.5. The molecule has 0 N–H and O–H groups in total. The molecule has 4 heteroatoms. The molecule has 0 bridgehead atoms. The molecule has 0 amide bonds. The van der Waals surface area contributed by atoms with Crippen LogP contribution < -0.4 is 4.74 Å². The molecule has 0 spiro atoms. The van der Waals surface area contributed by atoms with E-state index in [2.05, 4.69) is 38.1 Å². The molecule has 1 aliphatic rings. The van der Waals surface area contributed by atoms with E-state index in [1.807, 2.05) is 28.9 Å². The van der Waals surface area contributed by atoms with E-state index in [1.165, 1.54) is 11.3 Å². The Morgan fingerprint density at radius 1 is 1.12 bits per heavy atom. The van der Waals surface area contributed by atoms with Crippen LogP contribution >= 0.6 is 0 Å². The lowest BCUT2D eigenvalue weighted by atomic mass is 9.96. The zero-order valence-corrected chi connectivity index (χ0v) is 14.8. The zero-order chi connectivity index (χ0) is 17.4. The number of fused-ring (bicyclic) bond motifs is 2. The second-order valence-electron chi connectivity index (χ2n) is 6.24. The van der Waals surface area contributed by atoms with Gasteiger partial charge in [-0.15, -0.1) is 0 Å². The van der Waals surface area contributed by atoms with E-state index >= 15 is 0 Å². The highest BCUT2D eigenvalue weighted by molar-refractivity contribution is 6.14. The van der Waals surface area contributed by atoms with Crippen LogP contribution in [0.5, 0.6) is 5.75 Å². The molecule has 0 saturated carbocycles. The summed E-state index contributed by atoms with van der Waals surface area (Å²) in [5.41, 5.74) is 6.61. The van der Waals surface area contributed by atoms with Gasteiger partial charge in [0, 0.05) is 17.5 Å². The minimum Gasteiger partial charge on any atom is -0.497 e. The largest absolute Gasteiger partial charge is 0.497 e. The number of ether oxygens (including phenoxy) is 1. The van der Waals surface area contributed by atoms with E-state index in [4.69, 9.17) is 14.8 Å². The number of aromatic nitrogens is 2. The molecule has 1 aromatic heterocycles. The first kappa shape index (κ1) is 15.6. The number of benzene rings is 2.